The molecule has 118 valence electrons. The molecule has 0 aromatic heterocycles. The molecule has 1 heterocycles. The van der Waals surface area contributed by atoms with Crippen LogP contribution in [-0.4, -0.2) is 0 Å². The van der Waals surface area contributed by atoms with E-state index in [1.807, 2.05) is 6.07 Å². The maximum absolute atomic E-state index is 6.26. The zero-order chi connectivity index (χ0) is 16.1. The molecule has 3 atom stereocenters. The minimum Gasteiger partial charge on any atom is -0.377 e. The Labute approximate surface area is 147 Å². The molecule has 0 unspecified atom stereocenters. The standard InChI is InChI=1S/C22H18ClN/c23-16-7-3-6-15(13-16)21-19-10-4-9-18(19)20-12-11-14-5-1-2-8-17(14)22(20)24-21/h1-9,11-13,18-19,21,24H,10H2/t18-,19+,21+/m1/s1. The van der Waals surface area contributed by atoms with E-state index in [2.05, 4.69) is 72.1 Å². The third kappa shape index (κ3) is 2.08. The van der Waals surface area contributed by atoms with Gasteiger partial charge >= 0.3 is 0 Å². The molecule has 0 radical (unpaired) electrons. The van der Waals surface area contributed by atoms with Gasteiger partial charge in [-0.2, -0.15) is 0 Å². The van der Waals surface area contributed by atoms with Gasteiger partial charge in [0.1, 0.15) is 0 Å². The fourth-order valence-corrected chi connectivity index (χ4v) is 4.57. The maximum Gasteiger partial charge on any atom is 0.0554 e. The van der Waals surface area contributed by atoms with Crippen LogP contribution in [0.2, 0.25) is 5.02 Å². The van der Waals surface area contributed by atoms with Gasteiger partial charge in [-0.1, -0.05) is 72.3 Å². The highest BCUT2D eigenvalue weighted by atomic mass is 35.5. The van der Waals surface area contributed by atoms with Crippen LogP contribution in [0.1, 0.15) is 29.5 Å². The van der Waals surface area contributed by atoms with Gasteiger partial charge in [-0.25, -0.2) is 0 Å². The van der Waals surface area contributed by atoms with Gasteiger partial charge in [0.2, 0.25) is 0 Å². The lowest BCUT2D eigenvalue weighted by Crippen LogP contribution is -2.29. The summed E-state index contributed by atoms with van der Waals surface area (Å²) in [5.74, 6) is 1.03. The molecule has 2 aliphatic rings. The number of allylic oxidation sites excluding steroid dienone is 2. The second kappa shape index (κ2) is 5.39. The molecule has 1 nitrogen and oxygen atoms in total. The molecular weight excluding hydrogens is 314 g/mol. The van der Waals surface area contributed by atoms with E-state index in [4.69, 9.17) is 11.6 Å². The van der Waals surface area contributed by atoms with Gasteiger partial charge in [0.25, 0.3) is 0 Å². The quantitative estimate of drug-likeness (QED) is 0.514. The van der Waals surface area contributed by atoms with E-state index in [0.717, 1.165) is 11.4 Å². The Bertz CT molecular complexity index is 959. The Kier molecular flexibility index (Phi) is 3.17. The number of hydrogen-bond acceptors (Lipinski definition) is 1. The first kappa shape index (κ1) is 14.1. The zero-order valence-electron chi connectivity index (χ0n) is 13.2. The largest absolute Gasteiger partial charge is 0.377 e. The second-order valence-electron chi connectivity index (χ2n) is 6.78. The molecular formula is C22H18ClN. The Hall–Kier alpha value is -2.25. The lowest BCUT2D eigenvalue weighted by Gasteiger charge is -2.38. The highest BCUT2D eigenvalue weighted by Gasteiger charge is 2.38. The van der Waals surface area contributed by atoms with Gasteiger partial charge < -0.3 is 5.32 Å². The number of rotatable bonds is 1. The summed E-state index contributed by atoms with van der Waals surface area (Å²) in [6.07, 6.45) is 5.83. The topological polar surface area (TPSA) is 12.0 Å². The predicted molar refractivity (Wildman–Crippen MR) is 102 cm³/mol. The average molecular weight is 332 g/mol. The Morgan fingerprint density at radius 1 is 0.958 bits per heavy atom. The molecule has 3 aromatic rings. The van der Waals surface area contributed by atoms with Gasteiger partial charge in [0, 0.05) is 22.0 Å². The van der Waals surface area contributed by atoms with Gasteiger partial charge in [-0.15, -0.1) is 0 Å². The molecule has 1 aliphatic heterocycles. The molecule has 0 fully saturated rings. The van der Waals surface area contributed by atoms with Crippen molar-refractivity contribution in [3.05, 3.63) is 89.0 Å². The summed E-state index contributed by atoms with van der Waals surface area (Å²) in [4.78, 5) is 0. The lowest BCUT2D eigenvalue weighted by atomic mass is 9.76. The van der Waals surface area contributed by atoms with Crippen molar-refractivity contribution in [2.45, 2.75) is 18.4 Å². The third-order valence-corrected chi connectivity index (χ3v) is 5.70. The van der Waals surface area contributed by atoms with Gasteiger partial charge in [-0.05, 0) is 41.0 Å². The van der Waals surface area contributed by atoms with E-state index < -0.39 is 0 Å². The molecule has 5 rings (SSSR count). The highest BCUT2D eigenvalue weighted by molar-refractivity contribution is 6.30. The molecule has 0 spiro atoms. The minimum absolute atomic E-state index is 0.294. The van der Waals surface area contributed by atoms with Gasteiger partial charge in [-0.3, -0.25) is 0 Å². The second-order valence-corrected chi connectivity index (χ2v) is 7.22. The molecule has 24 heavy (non-hydrogen) atoms. The molecule has 1 aliphatic carbocycles. The van der Waals surface area contributed by atoms with Crippen LogP contribution in [0.4, 0.5) is 5.69 Å². The van der Waals surface area contributed by atoms with Crippen LogP contribution in [0.25, 0.3) is 10.8 Å². The molecule has 0 saturated heterocycles. The smallest absolute Gasteiger partial charge is 0.0554 e. The minimum atomic E-state index is 0.294. The first-order valence-electron chi connectivity index (χ1n) is 8.51. The van der Waals surface area contributed by atoms with E-state index in [-0.39, 0.29) is 0 Å². The fraction of sp³-hybridized carbons (Fsp3) is 0.182. The number of nitrogens with one attached hydrogen (secondary N) is 1. The van der Waals surface area contributed by atoms with E-state index in [1.165, 1.54) is 27.6 Å². The summed E-state index contributed by atoms with van der Waals surface area (Å²) in [5.41, 5.74) is 3.98. The van der Waals surface area contributed by atoms with Crippen molar-refractivity contribution < 1.29 is 0 Å². The van der Waals surface area contributed by atoms with Crippen LogP contribution < -0.4 is 5.32 Å². The lowest BCUT2D eigenvalue weighted by molar-refractivity contribution is 0.426. The monoisotopic (exact) mass is 331 g/mol. The van der Waals surface area contributed by atoms with Crippen LogP contribution in [0, 0.1) is 5.92 Å². The summed E-state index contributed by atoms with van der Waals surface area (Å²) in [7, 11) is 0. The molecule has 2 heteroatoms. The van der Waals surface area contributed by atoms with E-state index in [9.17, 15) is 0 Å². The van der Waals surface area contributed by atoms with Crippen molar-refractivity contribution in [2.75, 3.05) is 5.32 Å². The Morgan fingerprint density at radius 3 is 2.79 bits per heavy atom. The Balaban J connectivity index is 1.71. The summed E-state index contributed by atoms with van der Waals surface area (Å²) < 4.78 is 0. The molecule has 1 N–H and O–H groups in total. The van der Waals surface area contributed by atoms with E-state index in [0.29, 0.717) is 17.9 Å². The number of fused-ring (bicyclic) bond motifs is 5. The van der Waals surface area contributed by atoms with Crippen molar-refractivity contribution in [1.82, 2.24) is 0 Å². The number of benzene rings is 3. The van der Waals surface area contributed by atoms with Crippen LogP contribution in [0.15, 0.2) is 72.8 Å². The van der Waals surface area contributed by atoms with Crippen molar-refractivity contribution >= 4 is 28.1 Å². The van der Waals surface area contributed by atoms with Gasteiger partial charge in [0.05, 0.1) is 6.04 Å². The number of hydrogen-bond donors (Lipinski definition) is 1. The van der Waals surface area contributed by atoms with Crippen LogP contribution in [0.3, 0.4) is 0 Å². The van der Waals surface area contributed by atoms with Crippen LogP contribution in [-0.2, 0) is 0 Å². The molecule has 3 aromatic carbocycles. The molecule has 0 amide bonds. The maximum atomic E-state index is 6.26. The van der Waals surface area contributed by atoms with Crippen molar-refractivity contribution in [1.29, 1.82) is 0 Å². The summed E-state index contributed by atoms with van der Waals surface area (Å²) in [5, 5.41) is 7.25. The predicted octanol–water partition coefficient (Wildman–Crippen LogP) is 6.32. The first-order chi connectivity index (χ1) is 11.8. The summed E-state index contributed by atoms with van der Waals surface area (Å²) >= 11 is 6.26. The normalized spacial score (nSPS) is 24.5. The third-order valence-electron chi connectivity index (χ3n) is 5.47. The summed E-state index contributed by atoms with van der Waals surface area (Å²) in [6, 6.07) is 21.8. The van der Waals surface area contributed by atoms with Crippen LogP contribution in [0.5, 0.6) is 0 Å². The molecule has 0 bridgehead atoms. The van der Waals surface area contributed by atoms with Gasteiger partial charge in [0.15, 0.2) is 0 Å². The summed E-state index contributed by atoms with van der Waals surface area (Å²) in [6.45, 7) is 0. The van der Waals surface area contributed by atoms with Crippen LogP contribution >= 0.6 is 11.6 Å². The Morgan fingerprint density at radius 2 is 1.88 bits per heavy atom. The fourth-order valence-electron chi connectivity index (χ4n) is 4.37. The molecule has 0 saturated carbocycles. The first-order valence-corrected chi connectivity index (χ1v) is 8.89. The number of halogens is 1. The van der Waals surface area contributed by atoms with Crippen molar-refractivity contribution in [3.8, 4) is 0 Å². The van der Waals surface area contributed by atoms with Crippen molar-refractivity contribution in [3.63, 3.8) is 0 Å². The highest BCUT2D eigenvalue weighted by Crippen LogP contribution is 2.51. The average Bonchev–Trinajstić information content (AvgIpc) is 3.10. The SMILES string of the molecule is Clc1cccc([C@@H]2Nc3c(ccc4ccccc34)[C@@H]3C=CC[C@@H]32)c1. The van der Waals surface area contributed by atoms with E-state index >= 15 is 0 Å². The number of anilines is 1. The van der Waals surface area contributed by atoms with E-state index in [1.54, 1.807) is 0 Å². The van der Waals surface area contributed by atoms with Crippen molar-refractivity contribution in [2.24, 2.45) is 5.92 Å². The zero-order valence-corrected chi connectivity index (χ0v) is 14.0.